The first-order valence-corrected chi connectivity index (χ1v) is 4.08. The first kappa shape index (κ1) is 8.31. The molecule has 0 atom stereocenters. The van der Waals surface area contributed by atoms with Gasteiger partial charge in [0.05, 0.1) is 0 Å². The highest BCUT2D eigenvalue weighted by atomic mass is 16.4. The van der Waals surface area contributed by atoms with E-state index in [2.05, 4.69) is 0 Å². The number of allylic oxidation sites excluding steroid dienone is 1. The van der Waals surface area contributed by atoms with Crippen LogP contribution in [0.25, 0.3) is 0 Å². The van der Waals surface area contributed by atoms with Crippen molar-refractivity contribution < 1.29 is 9.90 Å². The SMILES string of the molecule is CC(=CC(=O)O)CC1CCC1. The highest BCUT2D eigenvalue weighted by Crippen LogP contribution is 2.31. The van der Waals surface area contributed by atoms with Gasteiger partial charge in [-0.2, -0.15) is 0 Å². The zero-order chi connectivity index (χ0) is 8.27. The van der Waals surface area contributed by atoms with E-state index in [-0.39, 0.29) is 0 Å². The number of carbonyl (C=O) groups is 1. The Kier molecular flexibility index (Phi) is 2.69. The van der Waals surface area contributed by atoms with E-state index in [1.54, 1.807) is 0 Å². The first-order chi connectivity index (χ1) is 5.18. The summed E-state index contributed by atoms with van der Waals surface area (Å²) in [4.78, 5) is 10.2. The molecule has 62 valence electrons. The smallest absolute Gasteiger partial charge is 0.328 e. The second-order valence-electron chi connectivity index (χ2n) is 3.33. The van der Waals surface area contributed by atoms with Gasteiger partial charge in [-0.05, 0) is 19.3 Å². The largest absolute Gasteiger partial charge is 0.478 e. The Labute approximate surface area is 66.9 Å². The van der Waals surface area contributed by atoms with Crippen LogP contribution in [0, 0.1) is 5.92 Å². The quantitative estimate of drug-likeness (QED) is 0.633. The molecular formula is C9H14O2. The number of hydrogen-bond acceptors (Lipinski definition) is 1. The molecule has 1 saturated carbocycles. The van der Waals surface area contributed by atoms with Crippen LogP contribution in [0.2, 0.25) is 0 Å². The molecule has 2 heteroatoms. The van der Waals surface area contributed by atoms with Crippen LogP contribution in [0.15, 0.2) is 11.6 Å². The van der Waals surface area contributed by atoms with Gasteiger partial charge in [0, 0.05) is 6.08 Å². The number of rotatable bonds is 3. The van der Waals surface area contributed by atoms with Gasteiger partial charge in [-0.3, -0.25) is 0 Å². The molecule has 0 unspecified atom stereocenters. The van der Waals surface area contributed by atoms with Crippen molar-refractivity contribution in [1.29, 1.82) is 0 Å². The third-order valence-corrected chi connectivity index (χ3v) is 2.21. The first-order valence-electron chi connectivity index (χ1n) is 4.08. The van der Waals surface area contributed by atoms with Gasteiger partial charge < -0.3 is 5.11 Å². The van der Waals surface area contributed by atoms with Crippen molar-refractivity contribution >= 4 is 5.97 Å². The van der Waals surface area contributed by atoms with Gasteiger partial charge in [-0.25, -0.2) is 4.79 Å². The van der Waals surface area contributed by atoms with Gasteiger partial charge in [-0.1, -0.05) is 24.8 Å². The van der Waals surface area contributed by atoms with Gasteiger partial charge in [0.15, 0.2) is 0 Å². The summed E-state index contributed by atoms with van der Waals surface area (Å²) in [6.07, 6.45) is 6.19. The molecule has 0 spiro atoms. The van der Waals surface area contributed by atoms with Crippen LogP contribution in [0.4, 0.5) is 0 Å². The van der Waals surface area contributed by atoms with Crippen molar-refractivity contribution in [2.24, 2.45) is 5.92 Å². The number of carboxylic acid groups (broad SMARTS) is 1. The third kappa shape index (κ3) is 2.74. The molecule has 1 aliphatic carbocycles. The summed E-state index contributed by atoms with van der Waals surface area (Å²) in [5.74, 6) is -0.0487. The van der Waals surface area contributed by atoms with Crippen LogP contribution in [-0.4, -0.2) is 11.1 Å². The van der Waals surface area contributed by atoms with E-state index in [0.717, 1.165) is 17.9 Å². The van der Waals surface area contributed by atoms with Crippen LogP contribution < -0.4 is 0 Å². The van der Waals surface area contributed by atoms with Gasteiger partial charge in [0.1, 0.15) is 0 Å². The summed E-state index contributed by atoms with van der Waals surface area (Å²) in [6, 6.07) is 0. The third-order valence-electron chi connectivity index (χ3n) is 2.21. The van der Waals surface area contributed by atoms with Crippen LogP contribution in [0.5, 0.6) is 0 Å². The van der Waals surface area contributed by atoms with Gasteiger partial charge in [0.2, 0.25) is 0 Å². The normalized spacial score (nSPS) is 19.5. The maximum atomic E-state index is 10.2. The van der Waals surface area contributed by atoms with Crippen LogP contribution >= 0.6 is 0 Å². The standard InChI is InChI=1S/C9H14O2/c1-7(6-9(10)11)5-8-3-2-4-8/h6,8H,2-5H2,1H3,(H,10,11). The monoisotopic (exact) mass is 154 g/mol. The van der Waals surface area contributed by atoms with E-state index in [0.29, 0.717) is 0 Å². The van der Waals surface area contributed by atoms with Crippen molar-refractivity contribution in [2.75, 3.05) is 0 Å². The molecular weight excluding hydrogens is 140 g/mol. The minimum atomic E-state index is -0.818. The lowest BCUT2D eigenvalue weighted by Crippen LogP contribution is -2.11. The van der Waals surface area contributed by atoms with E-state index in [4.69, 9.17) is 5.11 Å². The van der Waals surface area contributed by atoms with E-state index < -0.39 is 5.97 Å². The van der Waals surface area contributed by atoms with Crippen LogP contribution in [0.1, 0.15) is 32.6 Å². The van der Waals surface area contributed by atoms with Crippen LogP contribution in [0.3, 0.4) is 0 Å². The molecule has 11 heavy (non-hydrogen) atoms. The summed E-state index contributed by atoms with van der Waals surface area (Å²) in [5, 5.41) is 8.41. The number of carboxylic acids is 1. The van der Waals surface area contributed by atoms with Crippen molar-refractivity contribution in [1.82, 2.24) is 0 Å². The number of hydrogen-bond donors (Lipinski definition) is 1. The predicted octanol–water partition coefficient (Wildman–Crippen LogP) is 2.21. The Morgan fingerprint density at radius 3 is 2.64 bits per heavy atom. The molecule has 0 heterocycles. The second kappa shape index (κ2) is 3.56. The molecule has 0 aromatic rings. The maximum Gasteiger partial charge on any atom is 0.328 e. The van der Waals surface area contributed by atoms with Gasteiger partial charge in [0.25, 0.3) is 0 Å². The van der Waals surface area contributed by atoms with Crippen molar-refractivity contribution in [3.05, 3.63) is 11.6 Å². The fourth-order valence-electron chi connectivity index (χ4n) is 1.42. The topological polar surface area (TPSA) is 37.3 Å². The summed E-state index contributed by atoms with van der Waals surface area (Å²) in [6.45, 7) is 1.90. The summed E-state index contributed by atoms with van der Waals surface area (Å²) < 4.78 is 0. The van der Waals surface area contributed by atoms with E-state index in [1.165, 1.54) is 25.3 Å². The van der Waals surface area contributed by atoms with E-state index in [1.807, 2.05) is 6.92 Å². The summed E-state index contributed by atoms with van der Waals surface area (Å²) in [5.41, 5.74) is 1.00. The van der Waals surface area contributed by atoms with E-state index in [9.17, 15) is 4.79 Å². The lowest BCUT2D eigenvalue weighted by Gasteiger charge is -2.25. The van der Waals surface area contributed by atoms with Crippen molar-refractivity contribution in [3.63, 3.8) is 0 Å². The summed E-state index contributed by atoms with van der Waals surface area (Å²) >= 11 is 0. The Hall–Kier alpha value is -0.790. The molecule has 1 N–H and O–H groups in total. The minimum Gasteiger partial charge on any atom is -0.478 e. The lowest BCUT2D eigenvalue weighted by atomic mass is 9.81. The molecule has 0 radical (unpaired) electrons. The average Bonchev–Trinajstić information content (AvgIpc) is 1.77. The predicted molar refractivity (Wildman–Crippen MR) is 43.4 cm³/mol. The molecule has 0 amide bonds. The molecule has 1 rings (SSSR count). The molecule has 2 nitrogen and oxygen atoms in total. The Morgan fingerprint density at radius 2 is 2.27 bits per heavy atom. The maximum absolute atomic E-state index is 10.2. The van der Waals surface area contributed by atoms with Gasteiger partial charge in [-0.15, -0.1) is 0 Å². The highest BCUT2D eigenvalue weighted by Gasteiger charge is 2.17. The van der Waals surface area contributed by atoms with Crippen molar-refractivity contribution in [2.45, 2.75) is 32.6 Å². The zero-order valence-electron chi connectivity index (χ0n) is 6.84. The van der Waals surface area contributed by atoms with Gasteiger partial charge >= 0.3 is 5.97 Å². The van der Waals surface area contributed by atoms with Crippen LogP contribution in [-0.2, 0) is 4.79 Å². The molecule has 1 aliphatic rings. The number of aliphatic carboxylic acids is 1. The average molecular weight is 154 g/mol. The minimum absolute atomic E-state index is 0.769. The fourth-order valence-corrected chi connectivity index (χ4v) is 1.42. The molecule has 0 aromatic heterocycles. The molecule has 0 aromatic carbocycles. The zero-order valence-corrected chi connectivity index (χ0v) is 6.84. The van der Waals surface area contributed by atoms with E-state index >= 15 is 0 Å². The Bertz CT molecular complexity index is 178. The lowest BCUT2D eigenvalue weighted by molar-refractivity contribution is -0.131. The molecule has 1 fully saturated rings. The van der Waals surface area contributed by atoms with Crippen molar-refractivity contribution in [3.8, 4) is 0 Å². The fraction of sp³-hybridized carbons (Fsp3) is 0.667. The molecule has 0 saturated heterocycles. The Morgan fingerprint density at radius 1 is 1.64 bits per heavy atom. The molecule has 0 aliphatic heterocycles. The summed E-state index contributed by atoms with van der Waals surface area (Å²) in [7, 11) is 0. The second-order valence-corrected chi connectivity index (χ2v) is 3.33. The molecule has 0 bridgehead atoms. The Balaban J connectivity index is 2.29. The highest BCUT2D eigenvalue weighted by molar-refractivity contribution is 5.80.